The molecule has 1 aliphatic rings. The molecule has 0 saturated heterocycles. The standard InChI is InChI=1S/C11H19N3/c1-2-14-10(8-11(12)13-14)9-6-4-3-5-7-9/h8-9H,2-7H2,1H3,(H2,12,13). The third-order valence-corrected chi connectivity index (χ3v) is 3.15. The quantitative estimate of drug-likeness (QED) is 0.784. The van der Waals surface area contributed by atoms with Gasteiger partial charge in [0.2, 0.25) is 0 Å². The second kappa shape index (κ2) is 4.03. The molecule has 0 atom stereocenters. The summed E-state index contributed by atoms with van der Waals surface area (Å²) in [5, 5.41) is 4.30. The molecule has 1 fully saturated rings. The van der Waals surface area contributed by atoms with E-state index in [-0.39, 0.29) is 0 Å². The third-order valence-electron chi connectivity index (χ3n) is 3.15. The maximum Gasteiger partial charge on any atom is 0.145 e. The number of hydrogen-bond donors (Lipinski definition) is 1. The number of aromatic nitrogens is 2. The molecule has 1 aromatic rings. The van der Waals surface area contributed by atoms with E-state index in [4.69, 9.17) is 5.73 Å². The molecule has 0 spiro atoms. The lowest BCUT2D eigenvalue weighted by Gasteiger charge is -2.21. The fraction of sp³-hybridized carbons (Fsp3) is 0.727. The van der Waals surface area contributed by atoms with E-state index in [1.807, 2.05) is 0 Å². The van der Waals surface area contributed by atoms with E-state index in [9.17, 15) is 0 Å². The average molecular weight is 193 g/mol. The van der Waals surface area contributed by atoms with Crippen molar-refractivity contribution in [2.24, 2.45) is 0 Å². The van der Waals surface area contributed by atoms with E-state index in [2.05, 4.69) is 22.8 Å². The Morgan fingerprint density at radius 1 is 1.43 bits per heavy atom. The fourth-order valence-electron chi connectivity index (χ4n) is 2.43. The number of rotatable bonds is 2. The number of anilines is 1. The molecule has 2 N–H and O–H groups in total. The summed E-state index contributed by atoms with van der Waals surface area (Å²) in [6.45, 7) is 3.06. The molecule has 1 aromatic heterocycles. The summed E-state index contributed by atoms with van der Waals surface area (Å²) < 4.78 is 2.06. The lowest BCUT2D eigenvalue weighted by Crippen LogP contribution is -2.11. The molecule has 2 rings (SSSR count). The van der Waals surface area contributed by atoms with Crippen LogP contribution in [-0.4, -0.2) is 9.78 Å². The highest BCUT2D eigenvalue weighted by atomic mass is 15.3. The van der Waals surface area contributed by atoms with Crippen LogP contribution in [0.2, 0.25) is 0 Å². The first-order valence-corrected chi connectivity index (χ1v) is 5.64. The lowest BCUT2D eigenvalue weighted by molar-refractivity contribution is 0.418. The minimum absolute atomic E-state index is 0.674. The van der Waals surface area contributed by atoms with Crippen LogP contribution in [0.1, 0.15) is 50.6 Å². The zero-order valence-electron chi connectivity index (χ0n) is 8.87. The van der Waals surface area contributed by atoms with Gasteiger partial charge >= 0.3 is 0 Å². The predicted octanol–water partition coefficient (Wildman–Crippen LogP) is 2.53. The van der Waals surface area contributed by atoms with Gasteiger partial charge in [-0.25, -0.2) is 0 Å². The zero-order chi connectivity index (χ0) is 9.97. The Morgan fingerprint density at radius 3 is 2.79 bits per heavy atom. The Balaban J connectivity index is 2.20. The summed E-state index contributed by atoms with van der Waals surface area (Å²) in [4.78, 5) is 0. The van der Waals surface area contributed by atoms with Crippen molar-refractivity contribution < 1.29 is 0 Å². The van der Waals surface area contributed by atoms with Crippen LogP contribution in [0, 0.1) is 0 Å². The van der Waals surface area contributed by atoms with E-state index in [1.165, 1.54) is 37.8 Å². The van der Waals surface area contributed by atoms with Crippen LogP contribution in [0.4, 0.5) is 5.82 Å². The minimum Gasteiger partial charge on any atom is -0.382 e. The van der Waals surface area contributed by atoms with Crippen LogP contribution in [0.15, 0.2) is 6.07 Å². The molecule has 14 heavy (non-hydrogen) atoms. The Kier molecular flexibility index (Phi) is 2.75. The second-order valence-corrected chi connectivity index (χ2v) is 4.14. The highest BCUT2D eigenvalue weighted by Crippen LogP contribution is 2.33. The molecule has 3 heteroatoms. The van der Waals surface area contributed by atoms with E-state index in [0.29, 0.717) is 11.7 Å². The SMILES string of the molecule is CCn1nc(N)cc1C1CCCCC1. The number of nitrogens with two attached hydrogens (primary N) is 1. The van der Waals surface area contributed by atoms with Crippen LogP contribution in [0.25, 0.3) is 0 Å². The maximum atomic E-state index is 5.73. The highest BCUT2D eigenvalue weighted by molar-refractivity contribution is 5.31. The summed E-state index contributed by atoms with van der Waals surface area (Å²) in [6.07, 6.45) is 6.74. The van der Waals surface area contributed by atoms with Crippen LogP contribution in [0.3, 0.4) is 0 Å². The molecule has 0 amide bonds. The molecule has 0 aliphatic heterocycles. The summed E-state index contributed by atoms with van der Waals surface area (Å²) in [5.74, 6) is 1.38. The van der Waals surface area contributed by atoms with Crippen molar-refractivity contribution in [3.8, 4) is 0 Å². The molecule has 0 unspecified atom stereocenters. The second-order valence-electron chi connectivity index (χ2n) is 4.14. The van der Waals surface area contributed by atoms with Crippen molar-refractivity contribution in [2.45, 2.75) is 51.5 Å². The number of aryl methyl sites for hydroxylation is 1. The van der Waals surface area contributed by atoms with E-state index in [1.54, 1.807) is 0 Å². The predicted molar refractivity (Wildman–Crippen MR) is 58.1 cm³/mol. The summed E-state index contributed by atoms with van der Waals surface area (Å²) in [5.41, 5.74) is 7.08. The van der Waals surface area contributed by atoms with Gasteiger partial charge < -0.3 is 5.73 Å². The van der Waals surface area contributed by atoms with Crippen molar-refractivity contribution in [3.63, 3.8) is 0 Å². The Hall–Kier alpha value is -0.990. The lowest BCUT2D eigenvalue weighted by atomic mass is 9.87. The van der Waals surface area contributed by atoms with Gasteiger partial charge in [0.25, 0.3) is 0 Å². The largest absolute Gasteiger partial charge is 0.382 e. The number of hydrogen-bond acceptors (Lipinski definition) is 2. The van der Waals surface area contributed by atoms with Gasteiger partial charge in [0.05, 0.1) is 0 Å². The first kappa shape index (κ1) is 9.56. The Labute approximate surface area is 85.3 Å². The van der Waals surface area contributed by atoms with Crippen molar-refractivity contribution in [2.75, 3.05) is 5.73 Å². The molecule has 78 valence electrons. The van der Waals surface area contributed by atoms with Crippen molar-refractivity contribution in [1.29, 1.82) is 0 Å². The third kappa shape index (κ3) is 1.76. The van der Waals surface area contributed by atoms with E-state index in [0.717, 1.165) is 6.54 Å². The van der Waals surface area contributed by atoms with E-state index < -0.39 is 0 Å². The average Bonchev–Trinajstić information content (AvgIpc) is 2.61. The van der Waals surface area contributed by atoms with Crippen molar-refractivity contribution in [1.82, 2.24) is 9.78 Å². The molecule has 1 heterocycles. The van der Waals surface area contributed by atoms with Gasteiger partial charge in [-0.2, -0.15) is 5.10 Å². The van der Waals surface area contributed by atoms with Crippen LogP contribution >= 0.6 is 0 Å². The number of nitrogens with zero attached hydrogens (tertiary/aromatic N) is 2. The summed E-state index contributed by atoms with van der Waals surface area (Å²) in [7, 11) is 0. The topological polar surface area (TPSA) is 43.8 Å². The van der Waals surface area contributed by atoms with Gasteiger partial charge in [-0.3, -0.25) is 4.68 Å². The molecule has 1 saturated carbocycles. The van der Waals surface area contributed by atoms with Crippen LogP contribution in [-0.2, 0) is 6.54 Å². The summed E-state index contributed by atoms with van der Waals surface area (Å²) >= 11 is 0. The first-order valence-electron chi connectivity index (χ1n) is 5.64. The molecule has 1 aliphatic carbocycles. The zero-order valence-corrected chi connectivity index (χ0v) is 8.87. The van der Waals surface area contributed by atoms with Gasteiger partial charge in [0.15, 0.2) is 0 Å². The Bertz CT molecular complexity index is 297. The molecular formula is C11H19N3. The first-order chi connectivity index (χ1) is 6.81. The monoisotopic (exact) mass is 193 g/mol. The molecule has 0 bridgehead atoms. The van der Waals surface area contributed by atoms with Crippen LogP contribution in [0.5, 0.6) is 0 Å². The highest BCUT2D eigenvalue weighted by Gasteiger charge is 2.19. The van der Waals surface area contributed by atoms with Gasteiger partial charge in [0.1, 0.15) is 5.82 Å². The smallest absolute Gasteiger partial charge is 0.145 e. The molecular weight excluding hydrogens is 174 g/mol. The normalized spacial score (nSPS) is 18.6. The fourth-order valence-corrected chi connectivity index (χ4v) is 2.43. The van der Waals surface area contributed by atoms with E-state index >= 15 is 0 Å². The minimum atomic E-state index is 0.674. The van der Waals surface area contributed by atoms with Gasteiger partial charge in [-0.05, 0) is 19.8 Å². The maximum absolute atomic E-state index is 5.73. The van der Waals surface area contributed by atoms with Crippen molar-refractivity contribution >= 4 is 5.82 Å². The van der Waals surface area contributed by atoms with Gasteiger partial charge in [-0.1, -0.05) is 19.3 Å². The van der Waals surface area contributed by atoms with Crippen molar-refractivity contribution in [3.05, 3.63) is 11.8 Å². The molecule has 0 aromatic carbocycles. The molecule has 0 radical (unpaired) electrons. The van der Waals surface area contributed by atoms with Crippen LogP contribution < -0.4 is 5.73 Å². The van der Waals surface area contributed by atoms with Gasteiger partial charge in [0, 0.05) is 24.2 Å². The van der Waals surface area contributed by atoms with Gasteiger partial charge in [-0.15, -0.1) is 0 Å². The Morgan fingerprint density at radius 2 is 2.14 bits per heavy atom. The molecule has 3 nitrogen and oxygen atoms in total. The summed E-state index contributed by atoms with van der Waals surface area (Å²) in [6, 6.07) is 2.06. The number of nitrogen functional groups attached to an aromatic ring is 1.